The highest BCUT2D eigenvalue weighted by Gasteiger charge is 1.89. The van der Waals surface area contributed by atoms with Crippen molar-refractivity contribution in [2.24, 2.45) is 0 Å². The minimum absolute atomic E-state index is 0.428. The topological polar surface area (TPSA) is 36.7 Å². The normalized spacial score (nSPS) is 8.30. The van der Waals surface area contributed by atoms with E-state index in [2.05, 4.69) is 11.6 Å². The van der Waals surface area contributed by atoms with Crippen molar-refractivity contribution < 1.29 is 0 Å². The molecule has 48 valence electrons. The zero-order valence-electron chi connectivity index (χ0n) is 5.41. The highest BCUT2D eigenvalue weighted by atomic mass is 14.7. The second-order valence-electron chi connectivity index (χ2n) is 1.79. The molecule has 10 heavy (non-hydrogen) atoms. The van der Waals surface area contributed by atoms with Crippen molar-refractivity contribution in [2.45, 2.75) is 0 Å². The molecule has 0 aromatic carbocycles. The summed E-state index contributed by atoms with van der Waals surface area (Å²) < 4.78 is 0. The van der Waals surface area contributed by atoms with Gasteiger partial charge in [-0.25, -0.2) is 4.98 Å². The summed E-state index contributed by atoms with van der Waals surface area (Å²) in [7, 11) is 0. The van der Waals surface area contributed by atoms with Crippen molar-refractivity contribution in [2.75, 3.05) is 0 Å². The van der Waals surface area contributed by atoms with Crippen LogP contribution in [0.4, 0.5) is 0 Å². The van der Waals surface area contributed by atoms with E-state index in [1.54, 1.807) is 24.4 Å². The zero-order valence-corrected chi connectivity index (χ0v) is 5.41. The van der Waals surface area contributed by atoms with Crippen LogP contribution < -0.4 is 0 Å². The Hall–Kier alpha value is -1.62. The molecule has 0 unspecified atom stereocenters. The predicted octanol–water partition coefficient (Wildman–Crippen LogP) is 1.60. The lowest BCUT2D eigenvalue weighted by atomic mass is 10.2. The first-order valence-electron chi connectivity index (χ1n) is 2.85. The van der Waals surface area contributed by atoms with Gasteiger partial charge in [-0.15, -0.1) is 0 Å². The standard InChI is InChI=1S/C8H6N2/c1-2-7-3-4-10-8(5-7)6-9/h2-5H,1H2. The van der Waals surface area contributed by atoms with Gasteiger partial charge in [0, 0.05) is 6.20 Å². The van der Waals surface area contributed by atoms with Gasteiger partial charge in [0.2, 0.25) is 0 Å². The average Bonchev–Trinajstić information content (AvgIpc) is 2.05. The van der Waals surface area contributed by atoms with Crippen molar-refractivity contribution in [3.05, 3.63) is 36.2 Å². The first-order chi connectivity index (χ1) is 4.86. The van der Waals surface area contributed by atoms with E-state index >= 15 is 0 Å². The molecule has 0 saturated heterocycles. The molecule has 0 radical (unpaired) electrons. The number of pyridine rings is 1. The second-order valence-corrected chi connectivity index (χ2v) is 1.79. The molecule has 1 rings (SSSR count). The first kappa shape index (κ1) is 6.50. The maximum atomic E-state index is 8.41. The Balaban J connectivity index is 3.13. The fraction of sp³-hybridized carbons (Fsp3) is 0. The van der Waals surface area contributed by atoms with E-state index in [0.29, 0.717) is 5.69 Å². The third kappa shape index (κ3) is 1.20. The van der Waals surface area contributed by atoms with Crippen molar-refractivity contribution in [1.82, 2.24) is 4.98 Å². The predicted molar refractivity (Wildman–Crippen MR) is 39.0 cm³/mol. The van der Waals surface area contributed by atoms with E-state index in [9.17, 15) is 0 Å². The Kier molecular flexibility index (Phi) is 1.81. The summed E-state index contributed by atoms with van der Waals surface area (Å²) in [6.07, 6.45) is 3.28. The van der Waals surface area contributed by atoms with Gasteiger partial charge in [0.25, 0.3) is 0 Å². The molecule has 1 aromatic rings. The molecular formula is C8H6N2. The molecule has 1 aromatic heterocycles. The van der Waals surface area contributed by atoms with Crippen LogP contribution in [0.5, 0.6) is 0 Å². The molecular weight excluding hydrogens is 124 g/mol. The summed E-state index contributed by atoms with van der Waals surface area (Å²) in [4.78, 5) is 3.80. The van der Waals surface area contributed by atoms with Gasteiger partial charge in [-0.05, 0) is 17.7 Å². The lowest BCUT2D eigenvalue weighted by molar-refractivity contribution is 1.26. The molecule has 0 spiro atoms. The minimum Gasteiger partial charge on any atom is -0.246 e. The van der Waals surface area contributed by atoms with Gasteiger partial charge in [0.15, 0.2) is 0 Å². The van der Waals surface area contributed by atoms with Crippen LogP contribution in [0.2, 0.25) is 0 Å². The summed E-state index contributed by atoms with van der Waals surface area (Å²) in [6, 6.07) is 5.43. The van der Waals surface area contributed by atoms with E-state index in [0.717, 1.165) is 5.56 Å². The van der Waals surface area contributed by atoms with Crippen LogP contribution in [0.25, 0.3) is 6.08 Å². The average molecular weight is 130 g/mol. The summed E-state index contributed by atoms with van der Waals surface area (Å²) in [5.41, 5.74) is 1.35. The second kappa shape index (κ2) is 2.79. The van der Waals surface area contributed by atoms with Crippen LogP contribution in [-0.2, 0) is 0 Å². The van der Waals surface area contributed by atoms with Crippen molar-refractivity contribution >= 4 is 6.08 Å². The summed E-state index contributed by atoms with van der Waals surface area (Å²) in [5, 5.41) is 8.41. The van der Waals surface area contributed by atoms with Crippen LogP contribution in [-0.4, -0.2) is 4.98 Å². The Morgan fingerprint density at radius 2 is 2.50 bits per heavy atom. The number of nitriles is 1. The lowest BCUT2D eigenvalue weighted by Crippen LogP contribution is -1.80. The van der Waals surface area contributed by atoms with E-state index < -0.39 is 0 Å². The monoisotopic (exact) mass is 130 g/mol. The van der Waals surface area contributed by atoms with Gasteiger partial charge in [-0.1, -0.05) is 12.7 Å². The van der Waals surface area contributed by atoms with Crippen LogP contribution >= 0.6 is 0 Å². The van der Waals surface area contributed by atoms with Gasteiger partial charge >= 0.3 is 0 Å². The highest BCUT2D eigenvalue weighted by Crippen LogP contribution is 2.00. The van der Waals surface area contributed by atoms with E-state index in [4.69, 9.17) is 5.26 Å². The van der Waals surface area contributed by atoms with Gasteiger partial charge in [0.1, 0.15) is 11.8 Å². The highest BCUT2D eigenvalue weighted by molar-refractivity contribution is 5.47. The lowest BCUT2D eigenvalue weighted by Gasteiger charge is -1.89. The molecule has 0 aliphatic rings. The van der Waals surface area contributed by atoms with Gasteiger partial charge in [-0.2, -0.15) is 5.26 Å². The van der Waals surface area contributed by atoms with Crippen LogP contribution in [0.3, 0.4) is 0 Å². The SMILES string of the molecule is C=Cc1ccnc(C#N)c1. The number of nitrogens with zero attached hydrogens (tertiary/aromatic N) is 2. The molecule has 0 atom stereocenters. The third-order valence-corrected chi connectivity index (χ3v) is 1.13. The molecule has 0 N–H and O–H groups in total. The molecule has 0 amide bonds. The number of hydrogen-bond acceptors (Lipinski definition) is 2. The maximum Gasteiger partial charge on any atom is 0.141 e. The van der Waals surface area contributed by atoms with Crippen LogP contribution in [0.1, 0.15) is 11.3 Å². The van der Waals surface area contributed by atoms with Gasteiger partial charge < -0.3 is 0 Å². The minimum atomic E-state index is 0.428. The molecule has 0 fully saturated rings. The summed E-state index contributed by atoms with van der Waals surface area (Å²) in [5.74, 6) is 0. The fourth-order valence-corrected chi connectivity index (χ4v) is 0.635. The first-order valence-corrected chi connectivity index (χ1v) is 2.85. The number of aromatic nitrogens is 1. The van der Waals surface area contributed by atoms with Crippen LogP contribution in [0.15, 0.2) is 24.9 Å². The van der Waals surface area contributed by atoms with Crippen molar-refractivity contribution in [1.29, 1.82) is 5.26 Å². The van der Waals surface area contributed by atoms with Gasteiger partial charge in [0.05, 0.1) is 0 Å². The Bertz CT molecular complexity index is 284. The third-order valence-electron chi connectivity index (χ3n) is 1.13. The molecule has 2 heteroatoms. The van der Waals surface area contributed by atoms with E-state index in [1.807, 2.05) is 6.07 Å². The Morgan fingerprint density at radius 3 is 3.10 bits per heavy atom. The van der Waals surface area contributed by atoms with E-state index in [1.165, 1.54) is 0 Å². The number of rotatable bonds is 1. The maximum absolute atomic E-state index is 8.41. The summed E-state index contributed by atoms with van der Waals surface area (Å²) >= 11 is 0. The van der Waals surface area contributed by atoms with Crippen molar-refractivity contribution in [3.63, 3.8) is 0 Å². The molecule has 1 heterocycles. The molecule has 0 aliphatic carbocycles. The summed E-state index contributed by atoms with van der Waals surface area (Å²) in [6.45, 7) is 3.57. The van der Waals surface area contributed by atoms with E-state index in [-0.39, 0.29) is 0 Å². The van der Waals surface area contributed by atoms with Crippen molar-refractivity contribution in [3.8, 4) is 6.07 Å². The molecule has 2 nitrogen and oxygen atoms in total. The number of hydrogen-bond donors (Lipinski definition) is 0. The molecule has 0 aliphatic heterocycles. The molecule has 0 bridgehead atoms. The zero-order chi connectivity index (χ0) is 7.40. The molecule has 0 saturated carbocycles. The largest absolute Gasteiger partial charge is 0.246 e. The fourth-order valence-electron chi connectivity index (χ4n) is 0.635. The smallest absolute Gasteiger partial charge is 0.141 e. The van der Waals surface area contributed by atoms with Crippen LogP contribution in [0, 0.1) is 11.3 Å². The Labute approximate surface area is 59.4 Å². The quantitative estimate of drug-likeness (QED) is 0.578. The van der Waals surface area contributed by atoms with Gasteiger partial charge in [-0.3, -0.25) is 0 Å². The Morgan fingerprint density at radius 1 is 1.70 bits per heavy atom.